The van der Waals surface area contributed by atoms with Crippen molar-refractivity contribution in [2.75, 3.05) is 26.2 Å². The molecule has 1 aromatic carbocycles. The summed E-state index contributed by atoms with van der Waals surface area (Å²) in [5.41, 5.74) is 1.49. The van der Waals surface area contributed by atoms with Gasteiger partial charge in [0, 0.05) is 43.4 Å². The van der Waals surface area contributed by atoms with E-state index in [1.807, 2.05) is 41.0 Å². The molecule has 0 atom stereocenters. The molecule has 25 heavy (non-hydrogen) atoms. The molecule has 0 radical (unpaired) electrons. The maximum Gasteiger partial charge on any atom is 0.228 e. The molecule has 132 valence electrons. The van der Waals surface area contributed by atoms with E-state index in [1.165, 1.54) is 0 Å². The fourth-order valence-electron chi connectivity index (χ4n) is 4.16. The van der Waals surface area contributed by atoms with E-state index in [1.54, 1.807) is 0 Å². The van der Waals surface area contributed by atoms with Gasteiger partial charge < -0.3 is 14.3 Å². The van der Waals surface area contributed by atoms with Crippen LogP contribution in [0.15, 0.2) is 28.8 Å². The van der Waals surface area contributed by atoms with Gasteiger partial charge in [0.25, 0.3) is 0 Å². The number of fused-ring (bicyclic) bond motifs is 1. The number of para-hydroxylation sites is 1. The van der Waals surface area contributed by atoms with Gasteiger partial charge in [-0.15, -0.1) is 0 Å². The Morgan fingerprint density at radius 1 is 1.28 bits per heavy atom. The summed E-state index contributed by atoms with van der Waals surface area (Å²) in [6.07, 6.45) is 2.71. The first-order valence-electron chi connectivity index (χ1n) is 8.99. The maximum absolute atomic E-state index is 12.7. The summed E-state index contributed by atoms with van der Waals surface area (Å²) in [5.74, 6) is 0.349. The predicted molar refractivity (Wildman–Crippen MR) is 92.8 cm³/mol. The van der Waals surface area contributed by atoms with Gasteiger partial charge in [-0.05, 0) is 31.9 Å². The van der Waals surface area contributed by atoms with Crippen molar-refractivity contribution in [2.24, 2.45) is 5.41 Å². The van der Waals surface area contributed by atoms with Crippen molar-refractivity contribution in [2.45, 2.75) is 32.6 Å². The van der Waals surface area contributed by atoms with Crippen LogP contribution in [-0.4, -0.2) is 52.9 Å². The SMILES string of the molecule is CCN1CC2(CCN(C(=O)Cc3noc4ccccc34)CC2)CC1=O. The molecule has 1 aromatic heterocycles. The lowest BCUT2D eigenvalue weighted by molar-refractivity contribution is -0.132. The quantitative estimate of drug-likeness (QED) is 0.859. The van der Waals surface area contributed by atoms with Gasteiger partial charge in [0.2, 0.25) is 11.8 Å². The number of hydrogen-bond acceptors (Lipinski definition) is 4. The molecular weight excluding hydrogens is 318 g/mol. The topological polar surface area (TPSA) is 66.7 Å². The lowest BCUT2D eigenvalue weighted by atomic mass is 9.77. The molecule has 1 spiro atoms. The molecule has 2 aliphatic heterocycles. The first-order valence-corrected chi connectivity index (χ1v) is 8.99. The van der Waals surface area contributed by atoms with Crippen LogP contribution in [0.2, 0.25) is 0 Å². The van der Waals surface area contributed by atoms with Crippen LogP contribution < -0.4 is 0 Å². The zero-order chi connectivity index (χ0) is 17.4. The number of likely N-dealkylation sites (tertiary alicyclic amines) is 2. The highest BCUT2D eigenvalue weighted by Gasteiger charge is 2.44. The van der Waals surface area contributed by atoms with E-state index in [-0.39, 0.29) is 23.7 Å². The largest absolute Gasteiger partial charge is 0.356 e. The van der Waals surface area contributed by atoms with Crippen molar-refractivity contribution in [1.82, 2.24) is 15.0 Å². The Hall–Kier alpha value is -2.37. The maximum atomic E-state index is 12.7. The summed E-state index contributed by atoms with van der Waals surface area (Å²) in [7, 11) is 0. The lowest BCUT2D eigenvalue weighted by Crippen LogP contribution is -2.44. The van der Waals surface area contributed by atoms with Gasteiger partial charge in [0.15, 0.2) is 5.58 Å². The number of hydrogen-bond donors (Lipinski definition) is 0. The van der Waals surface area contributed by atoms with Gasteiger partial charge in [-0.3, -0.25) is 9.59 Å². The van der Waals surface area contributed by atoms with Crippen molar-refractivity contribution in [1.29, 1.82) is 0 Å². The minimum Gasteiger partial charge on any atom is -0.356 e. The Labute approximate surface area is 146 Å². The van der Waals surface area contributed by atoms with Gasteiger partial charge in [0.05, 0.1) is 6.42 Å². The number of aromatic nitrogens is 1. The number of rotatable bonds is 3. The summed E-state index contributed by atoms with van der Waals surface area (Å²) in [6.45, 7) is 5.09. The summed E-state index contributed by atoms with van der Waals surface area (Å²) < 4.78 is 5.29. The second-order valence-electron chi connectivity index (χ2n) is 7.27. The van der Waals surface area contributed by atoms with E-state index in [0.717, 1.165) is 44.4 Å². The summed E-state index contributed by atoms with van der Waals surface area (Å²) in [6, 6.07) is 7.61. The molecule has 0 unspecified atom stereocenters. The minimum absolute atomic E-state index is 0.0739. The highest BCUT2D eigenvalue weighted by atomic mass is 16.5. The highest BCUT2D eigenvalue weighted by molar-refractivity contribution is 5.86. The van der Waals surface area contributed by atoms with Gasteiger partial charge in [-0.2, -0.15) is 0 Å². The third kappa shape index (κ3) is 2.90. The van der Waals surface area contributed by atoms with Crippen molar-refractivity contribution in [3.8, 4) is 0 Å². The van der Waals surface area contributed by atoms with E-state index in [0.29, 0.717) is 17.7 Å². The summed E-state index contributed by atoms with van der Waals surface area (Å²) in [5, 5.41) is 4.96. The Morgan fingerprint density at radius 3 is 2.76 bits per heavy atom. The fraction of sp³-hybridized carbons (Fsp3) is 0.526. The lowest BCUT2D eigenvalue weighted by Gasteiger charge is -2.38. The molecule has 2 aromatic rings. The minimum atomic E-state index is 0.0739. The average Bonchev–Trinajstić information content (AvgIpc) is 3.17. The molecule has 0 aliphatic carbocycles. The molecule has 0 bridgehead atoms. The van der Waals surface area contributed by atoms with E-state index in [4.69, 9.17) is 4.52 Å². The molecule has 4 rings (SSSR count). The zero-order valence-corrected chi connectivity index (χ0v) is 14.5. The number of carbonyl (C=O) groups is 2. The first-order chi connectivity index (χ1) is 12.1. The van der Waals surface area contributed by atoms with Gasteiger partial charge >= 0.3 is 0 Å². The number of benzene rings is 1. The predicted octanol–water partition coefficient (Wildman–Crippen LogP) is 2.23. The monoisotopic (exact) mass is 341 g/mol. The second-order valence-corrected chi connectivity index (χ2v) is 7.27. The van der Waals surface area contributed by atoms with Gasteiger partial charge in [0.1, 0.15) is 5.69 Å². The Morgan fingerprint density at radius 2 is 2.04 bits per heavy atom. The third-order valence-electron chi connectivity index (χ3n) is 5.73. The van der Waals surface area contributed by atoms with E-state index in [2.05, 4.69) is 5.16 Å². The van der Waals surface area contributed by atoms with Gasteiger partial charge in [-0.25, -0.2) is 0 Å². The van der Waals surface area contributed by atoms with Crippen LogP contribution in [-0.2, 0) is 16.0 Å². The van der Waals surface area contributed by atoms with E-state index < -0.39 is 0 Å². The molecular formula is C19H23N3O3. The Kier molecular flexibility index (Phi) is 3.98. The third-order valence-corrected chi connectivity index (χ3v) is 5.73. The fourth-order valence-corrected chi connectivity index (χ4v) is 4.16. The molecule has 0 N–H and O–H groups in total. The van der Waals surface area contributed by atoms with Crippen LogP contribution in [0.1, 0.15) is 31.9 Å². The Bertz CT molecular complexity index is 805. The van der Waals surface area contributed by atoms with Gasteiger partial charge in [-0.1, -0.05) is 17.3 Å². The molecule has 0 saturated carbocycles. The highest BCUT2D eigenvalue weighted by Crippen LogP contribution is 2.41. The summed E-state index contributed by atoms with van der Waals surface area (Å²) in [4.78, 5) is 28.6. The molecule has 6 nitrogen and oxygen atoms in total. The van der Waals surface area contributed by atoms with Crippen LogP contribution in [0.5, 0.6) is 0 Å². The number of carbonyl (C=O) groups excluding carboxylic acids is 2. The molecule has 2 amide bonds. The van der Waals surface area contributed by atoms with Crippen LogP contribution in [0.4, 0.5) is 0 Å². The van der Waals surface area contributed by atoms with Crippen LogP contribution in [0.25, 0.3) is 11.0 Å². The normalized spacial score (nSPS) is 20.0. The second kappa shape index (κ2) is 6.17. The molecule has 6 heteroatoms. The van der Waals surface area contributed by atoms with E-state index in [9.17, 15) is 9.59 Å². The van der Waals surface area contributed by atoms with Crippen molar-refractivity contribution in [3.63, 3.8) is 0 Å². The van der Waals surface area contributed by atoms with E-state index >= 15 is 0 Å². The number of amides is 2. The summed E-state index contributed by atoms with van der Waals surface area (Å²) >= 11 is 0. The molecule has 2 fully saturated rings. The van der Waals surface area contributed by atoms with Crippen LogP contribution >= 0.6 is 0 Å². The molecule has 2 saturated heterocycles. The molecule has 3 heterocycles. The standard InChI is InChI=1S/C19H23N3O3/c1-2-21-13-19(12-18(21)24)7-9-22(10-8-19)17(23)11-15-14-5-3-4-6-16(14)25-20-15/h3-6H,2,7-13H2,1H3. The number of nitrogens with zero attached hydrogens (tertiary/aromatic N) is 3. The molecule has 2 aliphatic rings. The smallest absolute Gasteiger partial charge is 0.228 e. The van der Waals surface area contributed by atoms with Crippen LogP contribution in [0.3, 0.4) is 0 Å². The average molecular weight is 341 g/mol. The van der Waals surface area contributed by atoms with Crippen molar-refractivity contribution in [3.05, 3.63) is 30.0 Å². The zero-order valence-electron chi connectivity index (χ0n) is 14.5. The van der Waals surface area contributed by atoms with Crippen molar-refractivity contribution >= 4 is 22.8 Å². The van der Waals surface area contributed by atoms with Crippen molar-refractivity contribution < 1.29 is 14.1 Å². The Balaban J connectivity index is 1.39. The van der Waals surface area contributed by atoms with Crippen LogP contribution in [0, 0.1) is 5.41 Å². The number of piperidine rings is 1. The first kappa shape index (κ1) is 16.1.